The Kier molecular flexibility index (Phi) is 4.75. The Bertz CT molecular complexity index is 1210. The summed E-state index contributed by atoms with van der Waals surface area (Å²) >= 11 is 1.37. The molecule has 1 N–H and O–H groups in total. The molecule has 0 radical (unpaired) electrons. The zero-order valence-electron chi connectivity index (χ0n) is 15.4. The van der Waals surface area contributed by atoms with Gasteiger partial charge in [0.2, 0.25) is 0 Å². The van der Waals surface area contributed by atoms with Gasteiger partial charge in [-0.1, -0.05) is 50.2 Å². The first-order chi connectivity index (χ1) is 13.5. The molecule has 0 saturated heterocycles. The normalized spacial score (nSPS) is 11.1. The van der Waals surface area contributed by atoms with Crippen molar-refractivity contribution in [3.05, 3.63) is 81.7 Å². The smallest absolute Gasteiger partial charge is 0.279 e. The fraction of sp³-hybridized carbons (Fsp3) is 0.143. The van der Waals surface area contributed by atoms with Crippen LogP contribution in [0.5, 0.6) is 0 Å². The standard InChI is InChI=1S/C21H18N4O2S/c1-13(2)17-12-28-21(22-17)23-19(26)18-15-10-6-7-11-16(15)20(27)25(24-18)14-8-4-3-5-9-14/h3-13H,1-2H3,(H,22,23,26). The first kappa shape index (κ1) is 18.1. The molecule has 2 heterocycles. The van der Waals surface area contributed by atoms with Crippen molar-refractivity contribution in [3.8, 4) is 5.69 Å². The van der Waals surface area contributed by atoms with Gasteiger partial charge in [0, 0.05) is 10.8 Å². The van der Waals surface area contributed by atoms with E-state index in [0.717, 1.165) is 5.69 Å². The van der Waals surface area contributed by atoms with Crippen molar-refractivity contribution >= 4 is 33.1 Å². The van der Waals surface area contributed by atoms with Crippen LogP contribution in [0.25, 0.3) is 16.5 Å². The highest BCUT2D eigenvalue weighted by Gasteiger charge is 2.18. The number of nitrogens with zero attached hydrogens (tertiary/aromatic N) is 3. The van der Waals surface area contributed by atoms with E-state index in [-0.39, 0.29) is 17.2 Å². The van der Waals surface area contributed by atoms with E-state index in [9.17, 15) is 9.59 Å². The highest BCUT2D eigenvalue weighted by molar-refractivity contribution is 7.14. The number of aromatic nitrogens is 3. The van der Waals surface area contributed by atoms with E-state index in [0.29, 0.717) is 21.6 Å². The Hall–Kier alpha value is -3.32. The number of nitrogens with one attached hydrogen (secondary N) is 1. The second kappa shape index (κ2) is 7.36. The molecule has 0 saturated carbocycles. The van der Waals surface area contributed by atoms with Crippen molar-refractivity contribution in [3.63, 3.8) is 0 Å². The minimum Gasteiger partial charge on any atom is -0.296 e. The maximum Gasteiger partial charge on any atom is 0.279 e. The first-order valence-electron chi connectivity index (χ1n) is 8.89. The van der Waals surface area contributed by atoms with Crippen molar-refractivity contribution in [2.24, 2.45) is 0 Å². The highest BCUT2D eigenvalue weighted by atomic mass is 32.1. The number of carbonyl (C=O) groups excluding carboxylic acids is 1. The summed E-state index contributed by atoms with van der Waals surface area (Å²) in [6.45, 7) is 4.09. The summed E-state index contributed by atoms with van der Waals surface area (Å²) in [6.07, 6.45) is 0. The summed E-state index contributed by atoms with van der Waals surface area (Å²) in [6, 6.07) is 16.1. The van der Waals surface area contributed by atoms with E-state index >= 15 is 0 Å². The van der Waals surface area contributed by atoms with Gasteiger partial charge in [0.25, 0.3) is 11.5 Å². The van der Waals surface area contributed by atoms with Gasteiger partial charge in [-0.25, -0.2) is 4.98 Å². The van der Waals surface area contributed by atoms with Gasteiger partial charge in [-0.2, -0.15) is 9.78 Å². The lowest BCUT2D eigenvalue weighted by Gasteiger charge is -2.10. The Labute approximate surface area is 165 Å². The van der Waals surface area contributed by atoms with Gasteiger partial charge in [0.1, 0.15) is 0 Å². The molecule has 2 aromatic carbocycles. The third-order valence-corrected chi connectivity index (χ3v) is 5.13. The summed E-state index contributed by atoms with van der Waals surface area (Å²) in [5.74, 6) is -0.119. The summed E-state index contributed by atoms with van der Waals surface area (Å²) in [5.41, 5.74) is 1.44. The molecular weight excluding hydrogens is 372 g/mol. The number of para-hydroxylation sites is 1. The third-order valence-electron chi connectivity index (χ3n) is 4.35. The van der Waals surface area contributed by atoms with Crippen molar-refractivity contribution in [2.75, 3.05) is 5.32 Å². The average molecular weight is 390 g/mol. The van der Waals surface area contributed by atoms with E-state index in [1.165, 1.54) is 16.0 Å². The van der Waals surface area contributed by atoms with Crippen LogP contribution < -0.4 is 10.9 Å². The maximum absolute atomic E-state index is 13.0. The lowest BCUT2D eigenvalue weighted by Crippen LogP contribution is -2.26. The van der Waals surface area contributed by atoms with Crippen LogP contribution in [-0.4, -0.2) is 20.7 Å². The van der Waals surface area contributed by atoms with Crippen molar-refractivity contribution in [2.45, 2.75) is 19.8 Å². The number of hydrogen-bond donors (Lipinski definition) is 1. The molecule has 4 rings (SSSR count). The van der Waals surface area contributed by atoms with Crippen molar-refractivity contribution in [1.82, 2.24) is 14.8 Å². The topological polar surface area (TPSA) is 76.9 Å². The number of anilines is 1. The summed E-state index contributed by atoms with van der Waals surface area (Å²) in [5, 5.41) is 10.6. The predicted octanol–water partition coefficient (Wildman–Crippen LogP) is 4.22. The van der Waals surface area contributed by atoms with Gasteiger partial charge in [-0.15, -0.1) is 11.3 Å². The van der Waals surface area contributed by atoms with Gasteiger partial charge in [-0.3, -0.25) is 14.9 Å². The minimum atomic E-state index is -0.398. The number of carbonyl (C=O) groups is 1. The van der Waals surface area contributed by atoms with Crippen LogP contribution in [-0.2, 0) is 0 Å². The van der Waals surface area contributed by atoms with E-state index < -0.39 is 5.91 Å². The Morgan fingerprint density at radius 3 is 2.39 bits per heavy atom. The second-order valence-corrected chi connectivity index (χ2v) is 7.49. The van der Waals surface area contributed by atoms with Crippen LogP contribution in [0, 0.1) is 0 Å². The van der Waals surface area contributed by atoms with E-state index in [4.69, 9.17) is 0 Å². The fourth-order valence-electron chi connectivity index (χ4n) is 2.87. The zero-order valence-corrected chi connectivity index (χ0v) is 16.2. The molecule has 0 fully saturated rings. The quantitative estimate of drug-likeness (QED) is 0.566. The van der Waals surface area contributed by atoms with Gasteiger partial charge in [0.15, 0.2) is 10.8 Å². The molecular formula is C21H18N4O2S. The Morgan fingerprint density at radius 2 is 1.71 bits per heavy atom. The zero-order chi connectivity index (χ0) is 19.7. The molecule has 7 heteroatoms. The summed E-state index contributed by atoms with van der Waals surface area (Å²) in [4.78, 5) is 30.3. The predicted molar refractivity (Wildman–Crippen MR) is 111 cm³/mol. The number of rotatable bonds is 4. The molecule has 4 aromatic rings. The largest absolute Gasteiger partial charge is 0.296 e. The number of fused-ring (bicyclic) bond motifs is 1. The van der Waals surface area contributed by atoms with Crippen LogP contribution in [0.15, 0.2) is 64.8 Å². The average Bonchev–Trinajstić information content (AvgIpc) is 3.18. The monoisotopic (exact) mass is 390 g/mol. The number of benzene rings is 2. The fourth-order valence-corrected chi connectivity index (χ4v) is 3.73. The van der Waals surface area contributed by atoms with Gasteiger partial charge >= 0.3 is 0 Å². The molecule has 0 unspecified atom stereocenters. The van der Waals surface area contributed by atoms with Crippen LogP contribution in [0.2, 0.25) is 0 Å². The third kappa shape index (κ3) is 3.32. The van der Waals surface area contributed by atoms with Crippen molar-refractivity contribution < 1.29 is 4.79 Å². The minimum absolute atomic E-state index is 0.181. The highest BCUT2D eigenvalue weighted by Crippen LogP contribution is 2.23. The number of thiazole rings is 1. The molecule has 0 aliphatic rings. The Morgan fingerprint density at radius 1 is 1.04 bits per heavy atom. The van der Waals surface area contributed by atoms with E-state index in [1.807, 2.05) is 37.4 Å². The molecule has 0 bridgehead atoms. The maximum atomic E-state index is 13.0. The van der Waals surface area contributed by atoms with Gasteiger partial charge in [0.05, 0.1) is 16.8 Å². The first-order valence-corrected chi connectivity index (χ1v) is 9.77. The van der Waals surface area contributed by atoms with Crippen LogP contribution >= 0.6 is 11.3 Å². The van der Waals surface area contributed by atoms with Crippen LogP contribution in [0.4, 0.5) is 5.13 Å². The molecule has 6 nitrogen and oxygen atoms in total. The van der Waals surface area contributed by atoms with Crippen molar-refractivity contribution in [1.29, 1.82) is 0 Å². The lowest BCUT2D eigenvalue weighted by atomic mass is 10.1. The molecule has 28 heavy (non-hydrogen) atoms. The van der Waals surface area contributed by atoms with E-state index in [2.05, 4.69) is 15.4 Å². The number of hydrogen-bond acceptors (Lipinski definition) is 5. The molecule has 2 aromatic heterocycles. The molecule has 0 aliphatic heterocycles. The van der Waals surface area contributed by atoms with Gasteiger partial charge in [-0.05, 0) is 24.1 Å². The SMILES string of the molecule is CC(C)c1csc(NC(=O)c2nn(-c3ccccc3)c(=O)c3ccccc23)n1. The Balaban J connectivity index is 1.82. The molecule has 0 aliphatic carbocycles. The summed E-state index contributed by atoms with van der Waals surface area (Å²) < 4.78 is 1.26. The van der Waals surface area contributed by atoms with Gasteiger partial charge < -0.3 is 0 Å². The van der Waals surface area contributed by atoms with Crippen LogP contribution in [0.3, 0.4) is 0 Å². The lowest BCUT2D eigenvalue weighted by molar-refractivity contribution is 0.102. The van der Waals surface area contributed by atoms with E-state index in [1.54, 1.807) is 36.4 Å². The second-order valence-electron chi connectivity index (χ2n) is 6.63. The molecule has 0 atom stereocenters. The summed E-state index contributed by atoms with van der Waals surface area (Å²) in [7, 11) is 0. The molecule has 140 valence electrons. The molecule has 0 spiro atoms. The number of amides is 1. The van der Waals surface area contributed by atoms with Crippen LogP contribution in [0.1, 0.15) is 35.9 Å². The molecule has 1 amide bonds.